The second-order valence-electron chi connectivity index (χ2n) is 5.50. The monoisotopic (exact) mass is 321 g/mol. The van der Waals surface area contributed by atoms with Crippen LogP contribution < -0.4 is 0 Å². The number of hydrogen-bond acceptors (Lipinski definition) is 5. The van der Waals surface area contributed by atoms with Crippen molar-refractivity contribution in [3.8, 4) is 5.75 Å². The van der Waals surface area contributed by atoms with Gasteiger partial charge >= 0.3 is 0 Å². The van der Waals surface area contributed by atoms with Gasteiger partial charge in [0.05, 0.1) is 23.2 Å². The number of ketones is 1. The number of phenols is 1. The van der Waals surface area contributed by atoms with Crippen LogP contribution in [-0.2, 0) is 0 Å². The van der Waals surface area contributed by atoms with Crippen molar-refractivity contribution in [1.82, 2.24) is 4.90 Å². The quantitative estimate of drug-likeness (QED) is 0.592. The zero-order valence-electron chi connectivity index (χ0n) is 12.4. The molecule has 0 unspecified atom stereocenters. The molecule has 1 aromatic heterocycles. The average molecular weight is 321 g/mol. The van der Waals surface area contributed by atoms with Crippen LogP contribution in [0, 0.1) is 0 Å². The van der Waals surface area contributed by atoms with E-state index in [-0.39, 0.29) is 17.9 Å². The summed E-state index contributed by atoms with van der Waals surface area (Å²) in [6, 6.07) is 10.9. The summed E-state index contributed by atoms with van der Waals surface area (Å²) in [4.78, 5) is 38.1. The average Bonchev–Trinajstić information content (AvgIpc) is 3.10. The van der Waals surface area contributed by atoms with E-state index in [4.69, 9.17) is 4.42 Å². The molecule has 0 bridgehead atoms. The topological polar surface area (TPSA) is 87.8 Å². The number of phenolic OH excluding ortho intramolecular Hbond substituents is 1. The predicted octanol–water partition coefficient (Wildman–Crippen LogP) is 2.62. The van der Waals surface area contributed by atoms with Crippen molar-refractivity contribution in [3.05, 3.63) is 65.4 Å². The number of aromatic hydroxyl groups is 1. The van der Waals surface area contributed by atoms with E-state index in [0.29, 0.717) is 22.1 Å². The van der Waals surface area contributed by atoms with Gasteiger partial charge in [0.25, 0.3) is 11.8 Å². The number of rotatable bonds is 3. The SMILES string of the molecule is O=C(CN1C(=O)c2ccccc2C1=O)c1coc2ccc(O)cc12. The van der Waals surface area contributed by atoms with E-state index in [9.17, 15) is 19.5 Å². The Balaban J connectivity index is 1.66. The molecule has 24 heavy (non-hydrogen) atoms. The lowest BCUT2D eigenvalue weighted by Gasteiger charge is -2.12. The smallest absolute Gasteiger partial charge is 0.261 e. The Bertz CT molecular complexity index is 982. The standard InChI is InChI=1S/C18H11NO5/c20-10-5-6-16-13(7-10)14(9-24-16)15(21)8-19-17(22)11-3-1-2-4-12(11)18(19)23/h1-7,9,20H,8H2. The molecular weight excluding hydrogens is 310 g/mol. The van der Waals surface area contributed by atoms with Gasteiger partial charge in [-0.05, 0) is 30.3 Å². The zero-order valence-corrected chi connectivity index (χ0v) is 12.4. The van der Waals surface area contributed by atoms with Crippen LogP contribution in [0.5, 0.6) is 5.75 Å². The molecule has 0 radical (unpaired) electrons. The molecule has 2 amide bonds. The summed E-state index contributed by atoms with van der Waals surface area (Å²) in [5.74, 6) is -1.41. The largest absolute Gasteiger partial charge is 0.508 e. The normalized spacial score (nSPS) is 13.6. The molecule has 6 nitrogen and oxygen atoms in total. The minimum absolute atomic E-state index is 0.00122. The van der Waals surface area contributed by atoms with Crippen LogP contribution in [0.4, 0.5) is 0 Å². The Morgan fingerprint density at radius 1 is 1.04 bits per heavy atom. The van der Waals surface area contributed by atoms with Gasteiger partial charge in [0, 0.05) is 5.39 Å². The minimum atomic E-state index is -0.486. The number of Topliss-reactive ketones (excluding diaryl/α,β-unsaturated/α-hetero) is 1. The van der Waals surface area contributed by atoms with Gasteiger partial charge in [-0.25, -0.2) is 0 Å². The van der Waals surface area contributed by atoms with Crippen molar-refractivity contribution in [2.75, 3.05) is 6.54 Å². The molecule has 0 saturated carbocycles. The summed E-state index contributed by atoms with van der Waals surface area (Å²) in [6.07, 6.45) is 1.27. The number of fused-ring (bicyclic) bond motifs is 2. The first kappa shape index (κ1) is 14.2. The Kier molecular flexibility index (Phi) is 2.99. The van der Waals surface area contributed by atoms with Crippen LogP contribution in [0.1, 0.15) is 31.1 Å². The molecule has 1 N–H and O–H groups in total. The first-order valence-electron chi connectivity index (χ1n) is 7.25. The zero-order chi connectivity index (χ0) is 16.8. The number of carbonyl (C=O) groups is 3. The maximum atomic E-state index is 12.5. The van der Waals surface area contributed by atoms with Gasteiger partial charge in [0.2, 0.25) is 0 Å². The Labute approximate surface area is 135 Å². The van der Waals surface area contributed by atoms with Crippen molar-refractivity contribution in [1.29, 1.82) is 0 Å². The molecule has 1 aliphatic rings. The number of carbonyl (C=O) groups excluding carboxylic acids is 3. The van der Waals surface area contributed by atoms with Gasteiger partial charge in [-0.3, -0.25) is 19.3 Å². The highest BCUT2D eigenvalue weighted by atomic mass is 16.3. The number of furan rings is 1. The predicted molar refractivity (Wildman–Crippen MR) is 84.0 cm³/mol. The lowest BCUT2D eigenvalue weighted by Crippen LogP contribution is -2.34. The summed E-state index contributed by atoms with van der Waals surface area (Å²) < 4.78 is 5.28. The maximum Gasteiger partial charge on any atom is 0.261 e. The Hall–Kier alpha value is -3.41. The molecule has 1 aliphatic heterocycles. The number of amides is 2. The first-order chi connectivity index (χ1) is 11.6. The van der Waals surface area contributed by atoms with E-state index in [1.165, 1.54) is 18.4 Å². The summed E-state index contributed by atoms with van der Waals surface area (Å²) in [5, 5.41) is 10.0. The number of hydrogen-bond donors (Lipinski definition) is 1. The molecule has 0 fully saturated rings. The molecule has 0 spiro atoms. The van der Waals surface area contributed by atoms with E-state index in [0.717, 1.165) is 4.90 Å². The summed E-state index contributed by atoms with van der Waals surface area (Å²) in [7, 11) is 0. The van der Waals surface area contributed by atoms with Crippen molar-refractivity contribution >= 4 is 28.6 Å². The van der Waals surface area contributed by atoms with E-state index in [2.05, 4.69) is 0 Å². The maximum absolute atomic E-state index is 12.5. The van der Waals surface area contributed by atoms with Gasteiger partial charge in [-0.1, -0.05) is 12.1 Å². The van der Waals surface area contributed by atoms with E-state index >= 15 is 0 Å². The first-order valence-corrected chi connectivity index (χ1v) is 7.25. The third-order valence-electron chi connectivity index (χ3n) is 4.04. The highest BCUT2D eigenvalue weighted by molar-refractivity contribution is 6.23. The fourth-order valence-corrected chi connectivity index (χ4v) is 2.84. The second kappa shape index (κ2) is 5.06. The molecule has 2 heterocycles. The van der Waals surface area contributed by atoms with Crippen LogP contribution in [0.25, 0.3) is 11.0 Å². The van der Waals surface area contributed by atoms with Gasteiger partial charge in [-0.2, -0.15) is 0 Å². The number of nitrogens with zero attached hydrogens (tertiary/aromatic N) is 1. The summed E-state index contributed by atoms with van der Waals surface area (Å²) >= 11 is 0. The van der Waals surface area contributed by atoms with Gasteiger partial charge in [-0.15, -0.1) is 0 Å². The van der Waals surface area contributed by atoms with Crippen molar-refractivity contribution in [2.45, 2.75) is 0 Å². The second-order valence-corrected chi connectivity index (χ2v) is 5.50. The Morgan fingerprint density at radius 2 is 1.71 bits per heavy atom. The highest BCUT2D eigenvalue weighted by Crippen LogP contribution is 2.27. The lowest BCUT2D eigenvalue weighted by atomic mass is 10.1. The number of imide groups is 1. The molecule has 0 atom stereocenters. The lowest BCUT2D eigenvalue weighted by molar-refractivity contribution is 0.0624. The molecule has 3 aromatic rings. The van der Waals surface area contributed by atoms with Gasteiger partial charge in [0.1, 0.15) is 17.6 Å². The summed E-state index contributed by atoms with van der Waals surface area (Å²) in [6.45, 7) is -0.378. The van der Waals surface area contributed by atoms with Gasteiger partial charge in [0.15, 0.2) is 5.78 Å². The van der Waals surface area contributed by atoms with Crippen LogP contribution in [0.15, 0.2) is 53.1 Å². The molecule has 2 aromatic carbocycles. The van der Waals surface area contributed by atoms with Crippen molar-refractivity contribution in [3.63, 3.8) is 0 Å². The van der Waals surface area contributed by atoms with E-state index in [1.54, 1.807) is 30.3 Å². The molecule has 0 saturated heterocycles. The third kappa shape index (κ3) is 2.00. The van der Waals surface area contributed by atoms with Crippen molar-refractivity contribution < 1.29 is 23.9 Å². The third-order valence-corrected chi connectivity index (χ3v) is 4.04. The van der Waals surface area contributed by atoms with Crippen LogP contribution >= 0.6 is 0 Å². The van der Waals surface area contributed by atoms with Crippen LogP contribution in [-0.4, -0.2) is 34.1 Å². The van der Waals surface area contributed by atoms with E-state index in [1.807, 2.05) is 0 Å². The molecular formula is C18H11NO5. The fraction of sp³-hybridized carbons (Fsp3) is 0.0556. The Morgan fingerprint density at radius 3 is 2.38 bits per heavy atom. The minimum Gasteiger partial charge on any atom is -0.508 e. The van der Waals surface area contributed by atoms with Crippen molar-refractivity contribution in [2.24, 2.45) is 0 Å². The fourth-order valence-electron chi connectivity index (χ4n) is 2.84. The molecule has 0 aliphatic carbocycles. The number of benzene rings is 2. The van der Waals surface area contributed by atoms with Crippen LogP contribution in [0.3, 0.4) is 0 Å². The van der Waals surface area contributed by atoms with Crippen LogP contribution in [0.2, 0.25) is 0 Å². The van der Waals surface area contributed by atoms with E-state index < -0.39 is 17.6 Å². The highest BCUT2D eigenvalue weighted by Gasteiger charge is 2.36. The molecule has 4 rings (SSSR count). The van der Waals surface area contributed by atoms with Gasteiger partial charge < -0.3 is 9.52 Å². The molecule has 118 valence electrons. The molecule has 6 heteroatoms. The summed E-state index contributed by atoms with van der Waals surface area (Å²) in [5.41, 5.74) is 1.26.